The SMILES string of the molecule is Cc1ccc(/C(O)=C2\C(=O)C(=O)N(c3nc4ccc(F)cc4s3)[C@H]2c2ccc(Cl)cc2)cc1. The average Bonchev–Trinajstić information content (AvgIpc) is 3.32. The zero-order chi connectivity index (χ0) is 23.3. The van der Waals surface area contributed by atoms with Gasteiger partial charge in [-0.3, -0.25) is 14.5 Å². The smallest absolute Gasteiger partial charge is 0.301 e. The zero-order valence-corrected chi connectivity index (χ0v) is 18.8. The molecule has 5 nitrogen and oxygen atoms in total. The van der Waals surface area contributed by atoms with E-state index in [9.17, 15) is 19.1 Å². The van der Waals surface area contributed by atoms with Crippen molar-refractivity contribution >= 4 is 55.7 Å². The number of benzene rings is 3. The second-order valence-electron chi connectivity index (χ2n) is 7.70. The van der Waals surface area contributed by atoms with E-state index in [4.69, 9.17) is 11.6 Å². The largest absolute Gasteiger partial charge is 0.507 e. The lowest BCUT2D eigenvalue weighted by atomic mass is 9.95. The van der Waals surface area contributed by atoms with Gasteiger partial charge < -0.3 is 5.11 Å². The zero-order valence-electron chi connectivity index (χ0n) is 17.3. The quantitative estimate of drug-likeness (QED) is 0.222. The highest BCUT2D eigenvalue weighted by molar-refractivity contribution is 7.22. The number of halogens is 2. The molecule has 0 aliphatic carbocycles. The van der Waals surface area contributed by atoms with Crippen LogP contribution in [0.25, 0.3) is 16.0 Å². The van der Waals surface area contributed by atoms with Crippen LogP contribution in [0.1, 0.15) is 22.7 Å². The fraction of sp³-hybridized carbons (Fsp3) is 0.0800. The van der Waals surface area contributed by atoms with Crippen LogP contribution in [0.15, 0.2) is 72.3 Å². The summed E-state index contributed by atoms with van der Waals surface area (Å²) in [5.41, 5.74) is 2.45. The molecule has 1 aliphatic rings. The summed E-state index contributed by atoms with van der Waals surface area (Å²) < 4.78 is 14.3. The number of nitrogens with zero attached hydrogens (tertiary/aromatic N) is 2. The number of carbonyl (C=O) groups excluding carboxylic acids is 2. The number of aliphatic hydroxyl groups excluding tert-OH is 1. The topological polar surface area (TPSA) is 70.5 Å². The number of carbonyl (C=O) groups is 2. The maximum Gasteiger partial charge on any atom is 0.301 e. The summed E-state index contributed by atoms with van der Waals surface area (Å²) in [6.45, 7) is 1.91. The summed E-state index contributed by atoms with van der Waals surface area (Å²) in [6.07, 6.45) is 0. The summed E-state index contributed by atoms with van der Waals surface area (Å²) in [5.74, 6) is -2.34. The van der Waals surface area contributed by atoms with Gasteiger partial charge in [0.25, 0.3) is 5.78 Å². The van der Waals surface area contributed by atoms with Crippen molar-refractivity contribution in [1.29, 1.82) is 0 Å². The van der Waals surface area contributed by atoms with Crippen LogP contribution < -0.4 is 4.90 Å². The van der Waals surface area contributed by atoms with E-state index in [1.165, 1.54) is 23.1 Å². The maximum atomic E-state index is 13.7. The minimum Gasteiger partial charge on any atom is -0.507 e. The Kier molecular flexibility index (Phi) is 5.23. The number of ketones is 1. The van der Waals surface area contributed by atoms with Gasteiger partial charge in [0, 0.05) is 10.6 Å². The van der Waals surface area contributed by atoms with Crippen LogP contribution in [0.2, 0.25) is 5.02 Å². The number of Topliss-reactive ketones (excluding diaryl/α,β-unsaturated/α-hetero) is 1. The van der Waals surface area contributed by atoms with Crippen LogP contribution >= 0.6 is 22.9 Å². The summed E-state index contributed by atoms with van der Waals surface area (Å²) in [7, 11) is 0. The van der Waals surface area contributed by atoms with Crippen molar-refractivity contribution in [3.05, 3.63) is 99.8 Å². The number of anilines is 1. The molecule has 2 heterocycles. The summed E-state index contributed by atoms with van der Waals surface area (Å²) >= 11 is 7.15. The molecule has 0 radical (unpaired) electrons. The third kappa shape index (κ3) is 3.69. The Labute approximate surface area is 197 Å². The molecule has 4 aromatic rings. The van der Waals surface area contributed by atoms with Crippen molar-refractivity contribution in [2.45, 2.75) is 13.0 Å². The van der Waals surface area contributed by atoms with E-state index >= 15 is 0 Å². The Balaban J connectivity index is 1.73. The molecule has 1 amide bonds. The number of hydrogen-bond donors (Lipinski definition) is 1. The van der Waals surface area contributed by atoms with Gasteiger partial charge in [-0.05, 0) is 42.8 Å². The fourth-order valence-corrected chi connectivity index (χ4v) is 4.99. The van der Waals surface area contributed by atoms with Gasteiger partial charge >= 0.3 is 5.91 Å². The van der Waals surface area contributed by atoms with Crippen molar-refractivity contribution in [3.63, 3.8) is 0 Å². The van der Waals surface area contributed by atoms with E-state index in [0.717, 1.165) is 16.9 Å². The second kappa shape index (κ2) is 8.10. The van der Waals surface area contributed by atoms with Crippen LogP contribution in [0, 0.1) is 12.7 Å². The molecule has 1 N–H and O–H groups in total. The normalized spacial score (nSPS) is 17.8. The van der Waals surface area contributed by atoms with Gasteiger partial charge in [-0.15, -0.1) is 0 Å². The number of aromatic nitrogens is 1. The molecule has 1 saturated heterocycles. The first-order valence-electron chi connectivity index (χ1n) is 10.0. The van der Waals surface area contributed by atoms with Gasteiger partial charge in [0.15, 0.2) is 5.13 Å². The van der Waals surface area contributed by atoms with E-state index in [2.05, 4.69) is 4.98 Å². The van der Waals surface area contributed by atoms with Crippen LogP contribution in [0.4, 0.5) is 9.52 Å². The van der Waals surface area contributed by atoms with E-state index in [-0.39, 0.29) is 16.5 Å². The molecular weight excluding hydrogens is 463 g/mol. The van der Waals surface area contributed by atoms with Crippen LogP contribution in [0.5, 0.6) is 0 Å². The Morgan fingerprint density at radius 2 is 1.76 bits per heavy atom. The number of thiazole rings is 1. The number of amides is 1. The monoisotopic (exact) mass is 478 g/mol. The van der Waals surface area contributed by atoms with Gasteiger partial charge in [-0.1, -0.05) is 64.9 Å². The first-order chi connectivity index (χ1) is 15.8. The molecule has 164 valence electrons. The van der Waals surface area contributed by atoms with E-state index in [1.807, 2.05) is 19.1 Å². The van der Waals surface area contributed by atoms with E-state index < -0.39 is 23.5 Å². The Hall–Kier alpha value is -3.55. The van der Waals surface area contributed by atoms with Crippen molar-refractivity contribution in [2.75, 3.05) is 4.90 Å². The molecule has 5 rings (SSSR count). The molecule has 0 bridgehead atoms. The average molecular weight is 479 g/mol. The van der Waals surface area contributed by atoms with Gasteiger partial charge in [-0.2, -0.15) is 0 Å². The van der Waals surface area contributed by atoms with Gasteiger partial charge in [0.05, 0.1) is 21.8 Å². The highest BCUT2D eigenvalue weighted by Crippen LogP contribution is 2.44. The van der Waals surface area contributed by atoms with Crippen molar-refractivity contribution in [1.82, 2.24) is 4.98 Å². The highest BCUT2D eigenvalue weighted by Gasteiger charge is 2.48. The van der Waals surface area contributed by atoms with Gasteiger partial charge in [0.1, 0.15) is 11.6 Å². The van der Waals surface area contributed by atoms with E-state index in [1.54, 1.807) is 36.4 Å². The molecule has 3 aromatic carbocycles. The van der Waals surface area contributed by atoms with Crippen LogP contribution in [0.3, 0.4) is 0 Å². The maximum absolute atomic E-state index is 13.7. The predicted molar refractivity (Wildman–Crippen MR) is 127 cm³/mol. The Bertz CT molecular complexity index is 1450. The first-order valence-corrected chi connectivity index (χ1v) is 11.2. The highest BCUT2D eigenvalue weighted by atomic mass is 35.5. The van der Waals surface area contributed by atoms with E-state index in [0.29, 0.717) is 26.4 Å². The number of fused-ring (bicyclic) bond motifs is 1. The molecule has 1 atom stereocenters. The minimum atomic E-state index is -0.922. The summed E-state index contributed by atoms with van der Waals surface area (Å²) in [4.78, 5) is 32.1. The molecule has 33 heavy (non-hydrogen) atoms. The third-order valence-corrected chi connectivity index (χ3v) is 6.77. The molecule has 1 aromatic heterocycles. The number of rotatable bonds is 3. The molecular formula is C25H16ClFN2O3S. The standard InChI is InChI=1S/C25H16ClFN2O3S/c1-13-2-4-15(5-3-13)22(30)20-21(14-6-8-16(26)9-7-14)29(24(32)23(20)31)25-28-18-11-10-17(27)12-19(18)33-25/h2-12,21,30H,1H3/b22-20+/t21-/m0/s1. The molecule has 0 unspecified atom stereocenters. The molecule has 1 aliphatic heterocycles. The minimum absolute atomic E-state index is 0.0448. The molecule has 0 spiro atoms. The predicted octanol–water partition coefficient (Wildman–Crippen LogP) is 6.02. The lowest BCUT2D eigenvalue weighted by Crippen LogP contribution is -2.29. The van der Waals surface area contributed by atoms with Crippen LogP contribution in [-0.4, -0.2) is 21.8 Å². The summed E-state index contributed by atoms with van der Waals surface area (Å²) in [5, 5.41) is 11.8. The van der Waals surface area contributed by atoms with Crippen molar-refractivity contribution in [3.8, 4) is 0 Å². The Morgan fingerprint density at radius 3 is 2.45 bits per heavy atom. The van der Waals surface area contributed by atoms with Gasteiger partial charge in [0.2, 0.25) is 0 Å². The van der Waals surface area contributed by atoms with Crippen molar-refractivity contribution in [2.24, 2.45) is 0 Å². The number of aryl methyl sites for hydroxylation is 1. The number of hydrogen-bond acceptors (Lipinski definition) is 5. The molecule has 8 heteroatoms. The molecule has 0 saturated carbocycles. The van der Waals surface area contributed by atoms with Crippen molar-refractivity contribution < 1.29 is 19.1 Å². The van der Waals surface area contributed by atoms with Crippen LogP contribution in [-0.2, 0) is 9.59 Å². The number of aliphatic hydroxyl groups is 1. The summed E-state index contributed by atoms with van der Waals surface area (Å²) in [6, 6.07) is 16.9. The molecule has 1 fully saturated rings. The lowest BCUT2D eigenvalue weighted by Gasteiger charge is -2.23. The first kappa shape index (κ1) is 21.3. The lowest BCUT2D eigenvalue weighted by molar-refractivity contribution is -0.132. The second-order valence-corrected chi connectivity index (χ2v) is 9.14. The fourth-order valence-electron chi connectivity index (χ4n) is 3.85. The third-order valence-electron chi connectivity index (χ3n) is 5.50. The Morgan fingerprint density at radius 1 is 1.06 bits per heavy atom. The van der Waals surface area contributed by atoms with Gasteiger partial charge in [-0.25, -0.2) is 9.37 Å².